The van der Waals surface area contributed by atoms with Crippen molar-refractivity contribution in [2.45, 2.75) is 33.0 Å². The predicted octanol–water partition coefficient (Wildman–Crippen LogP) is 1.20. The van der Waals surface area contributed by atoms with Gasteiger partial charge in [0.05, 0.1) is 32.1 Å². The number of aryl methyl sites for hydroxylation is 1. The number of nitrogens with zero attached hydrogens (tertiary/aromatic N) is 5. The van der Waals surface area contributed by atoms with Crippen LogP contribution in [-0.4, -0.2) is 57.6 Å². The number of methoxy groups -OCH3 is 1. The standard InChI is InChI=1S/C16H23N5O2/c1-12-6-18-15(13(2)16(12)22-3)9-20-4-5-23-14(7-20)8-21-11-17-10-19-21/h6,10-11,14H,4-5,7-9H2,1-3H3/t14-/m1/s1. The smallest absolute Gasteiger partial charge is 0.137 e. The lowest BCUT2D eigenvalue weighted by molar-refractivity contribution is -0.0406. The molecule has 7 nitrogen and oxygen atoms in total. The molecule has 23 heavy (non-hydrogen) atoms. The number of rotatable bonds is 5. The molecule has 0 aliphatic carbocycles. The Balaban J connectivity index is 1.66. The summed E-state index contributed by atoms with van der Waals surface area (Å²) in [7, 11) is 1.71. The van der Waals surface area contributed by atoms with Crippen LogP contribution in [0.25, 0.3) is 0 Å². The first-order valence-electron chi connectivity index (χ1n) is 7.82. The highest BCUT2D eigenvalue weighted by molar-refractivity contribution is 5.41. The van der Waals surface area contributed by atoms with Crippen LogP contribution in [0.2, 0.25) is 0 Å². The Morgan fingerprint density at radius 3 is 3.00 bits per heavy atom. The molecule has 0 unspecified atom stereocenters. The van der Waals surface area contributed by atoms with Crippen LogP contribution in [0.4, 0.5) is 0 Å². The van der Waals surface area contributed by atoms with E-state index >= 15 is 0 Å². The fourth-order valence-electron chi connectivity index (χ4n) is 3.01. The molecule has 0 radical (unpaired) electrons. The topological polar surface area (TPSA) is 65.3 Å². The van der Waals surface area contributed by atoms with Gasteiger partial charge in [-0.2, -0.15) is 5.10 Å². The maximum absolute atomic E-state index is 5.84. The van der Waals surface area contributed by atoms with Gasteiger partial charge in [0.25, 0.3) is 0 Å². The van der Waals surface area contributed by atoms with Crippen molar-refractivity contribution in [2.24, 2.45) is 0 Å². The minimum Gasteiger partial charge on any atom is -0.496 e. The van der Waals surface area contributed by atoms with Gasteiger partial charge < -0.3 is 9.47 Å². The third-order valence-electron chi connectivity index (χ3n) is 4.20. The monoisotopic (exact) mass is 317 g/mol. The third-order valence-corrected chi connectivity index (χ3v) is 4.20. The maximum Gasteiger partial charge on any atom is 0.137 e. The van der Waals surface area contributed by atoms with Gasteiger partial charge in [0, 0.05) is 37.0 Å². The van der Waals surface area contributed by atoms with E-state index in [0.29, 0.717) is 0 Å². The number of hydrogen-bond donors (Lipinski definition) is 0. The van der Waals surface area contributed by atoms with Crippen LogP contribution in [0.1, 0.15) is 16.8 Å². The largest absolute Gasteiger partial charge is 0.496 e. The van der Waals surface area contributed by atoms with Crippen LogP contribution < -0.4 is 4.74 Å². The Labute approximate surface area is 136 Å². The molecule has 0 saturated carbocycles. The second-order valence-electron chi connectivity index (χ2n) is 5.89. The highest BCUT2D eigenvalue weighted by atomic mass is 16.5. The number of morpholine rings is 1. The summed E-state index contributed by atoms with van der Waals surface area (Å²) in [5.74, 6) is 0.933. The molecule has 1 aliphatic heterocycles. The molecule has 0 amide bonds. The molecular formula is C16H23N5O2. The first-order valence-corrected chi connectivity index (χ1v) is 7.82. The van der Waals surface area contributed by atoms with Crippen molar-refractivity contribution < 1.29 is 9.47 Å². The van der Waals surface area contributed by atoms with Gasteiger partial charge >= 0.3 is 0 Å². The van der Waals surface area contributed by atoms with Crippen LogP contribution in [-0.2, 0) is 17.8 Å². The Bertz CT molecular complexity index is 644. The highest BCUT2D eigenvalue weighted by Crippen LogP contribution is 2.25. The third kappa shape index (κ3) is 3.68. The molecule has 3 rings (SSSR count). The fraction of sp³-hybridized carbons (Fsp3) is 0.562. The molecular weight excluding hydrogens is 294 g/mol. The van der Waals surface area contributed by atoms with Gasteiger partial charge in [-0.25, -0.2) is 4.98 Å². The van der Waals surface area contributed by atoms with Gasteiger partial charge in [-0.3, -0.25) is 14.6 Å². The molecule has 1 atom stereocenters. The van der Waals surface area contributed by atoms with E-state index in [9.17, 15) is 0 Å². The lowest BCUT2D eigenvalue weighted by Gasteiger charge is -2.33. The van der Waals surface area contributed by atoms with Gasteiger partial charge in [-0.15, -0.1) is 0 Å². The molecule has 0 N–H and O–H groups in total. The normalized spacial score (nSPS) is 19.0. The van der Waals surface area contributed by atoms with Crippen molar-refractivity contribution >= 4 is 0 Å². The summed E-state index contributed by atoms with van der Waals surface area (Å²) in [5, 5.41) is 4.14. The predicted molar refractivity (Wildman–Crippen MR) is 85.3 cm³/mol. The Morgan fingerprint density at radius 2 is 2.26 bits per heavy atom. The fourth-order valence-corrected chi connectivity index (χ4v) is 3.01. The van der Waals surface area contributed by atoms with Gasteiger partial charge in [-0.05, 0) is 13.8 Å². The minimum atomic E-state index is 0.123. The highest BCUT2D eigenvalue weighted by Gasteiger charge is 2.22. The first kappa shape index (κ1) is 15.9. The molecule has 1 fully saturated rings. The lowest BCUT2D eigenvalue weighted by Crippen LogP contribution is -2.44. The van der Waals surface area contributed by atoms with E-state index in [1.807, 2.05) is 17.8 Å². The zero-order chi connectivity index (χ0) is 16.2. The van der Waals surface area contributed by atoms with Crippen molar-refractivity contribution in [1.82, 2.24) is 24.6 Å². The van der Waals surface area contributed by atoms with Crippen molar-refractivity contribution in [3.05, 3.63) is 35.7 Å². The summed E-state index contributed by atoms with van der Waals surface area (Å²) in [6, 6.07) is 0. The van der Waals surface area contributed by atoms with Crippen LogP contribution in [0.5, 0.6) is 5.75 Å². The lowest BCUT2D eigenvalue weighted by atomic mass is 10.1. The Morgan fingerprint density at radius 1 is 1.39 bits per heavy atom. The summed E-state index contributed by atoms with van der Waals surface area (Å²) in [4.78, 5) is 10.9. The minimum absolute atomic E-state index is 0.123. The molecule has 2 aromatic heterocycles. The average molecular weight is 317 g/mol. The van der Waals surface area contributed by atoms with Crippen LogP contribution in [0.3, 0.4) is 0 Å². The Kier molecular flexibility index (Phi) is 4.88. The second-order valence-corrected chi connectivity index (χ2v) is 5.89. The molecule has 2 aromatic rings. The van der Waals surface area contributed by atoms with Gasteiger partial charge in [0.2, 0.25) is 0 Å². The van der Waals surface area contributed by atoms with E-state index in [-0.39, 0.29) is 6.10 Å². The number of hydrogen-bond acceptors (Lipinski definition) is 6. The van der Waals surface area contributed by atoms with Gasteiger partial charge in [-0.1, -0.05) is 0 Å². The molecule has 1 aliphatic rings. The number of aromatic nitrogens is 4. The van der Waals surface area contributed by atoms with Crippen molar-refractivity contribution in [3.8, 4) is 5.75 Å². The van der Waals surface area contributed by atoms with Crippen LogP contribution in [0, 0.1) is 13.8 Å². The summed E-state index contributed by atoms with van der Waals surface area (Å²) in [6.07, 6.45) is 5.28. The van der Waals surface area contributed by atoms with Crippen molar-refractivity contribution in [1.29, 1.82) is 0 Å². The SMILES string of the molecule is COc1c(C)cnc(CN2CCO[C@@H](Cn3cncn3)C2)c1C. The second kappa shape index (κ2) is 7.06. The molecule has 1 saturated heterocycles. The van der Waals surface area contributed by atoms with Gasteiger partial charge in [0.15, 0.2) is 0 Å². The van der Waals surface area contributed by atoms with Crippen LogP contribution >= 0.6 is 0 Å². The Hall–Kier alpha value is -1.99. The first-order chi connectivity index (χ1) is 11.2. The van der Waals surface area contributed by atoms with Crippen LogP contribution in [0.15, 0.2) is 18.9 Å². The van der Waals surface area contributed by atoms with E-state index in [4.69, 9.17) is 9.47 Å². The zero-order valence-electron chi connectivity index (χ0n) is 13.9. The van der Waals surface area contributed by atoms with Crippen molar-refractivity contribution in [3.63, 3.8) is 0 Å². The van der Waals surface area contributed by atoms with E-state index in [2.05, 4.69) is 26.9 Å². The van der Waals surface area contributed by atoms with E-state index in [0.717, 1.165) is 55.4 Å². The molecule has 0 aromatic carbocycles. The summed E-state index contributed by atoms with van der Waals surface area (Å²) in [6.45, 7) is 8.11. The summed E-state index contributed by atoms with van der Waals surface area (Å²) in [5.41, 5.74) is 3.25. The van der Waals surface area contributed by atoms with Crippen molar-refractivity contribution in [2.75, 3.05) is 26.8 Å². The zero-order valence-corrected chi connectivity index (χ0v) is 13.9. The van der Waals surface area contributed by atoms with E-state index < -0.39 is 0 Å². The molecule has 3 heterocycles. The number of pyridine rings is 1. The van der Waals surface area contributed by atoms with E-state index in [1.54, 1.807) is 19.8 Å². The van der Waals surface area contributed by atoms with Gasteiger partial charge in [0.1, 0.15) is 18.4 Å². The average Bonchev–Trinajstić information content (AvgIpc) is 3.04. The summed E-state index contributed by atoms with van der Waals surface area (Å²) < 4.78 is 13.1. The molecule has 0 spiro atoms. The van der Waals surface area contributed by atoms with E-state index in [1.165, 1.54) is 0 Å². The molecule has 0 bridgehead atoms. The maximum atomic E-state index is 5.84. The summed E-state index contributed by atoms with van der Waals surface area (Å²) >= 11 is 0. The number of ether oxygens (including phenoxy) is 2. The quantitative estimate of drug-likeness (QED) is 0.825. The molecule has 7 heteroatoms. The molecule has 124 valence electrons.